The highest BCUT2D eigenvalue weighted by Gasteiger charge is 2.44. The number of nitrogens with zero attached hydrogens (tertiary/aromatic N) is 2. The molecule has 8 heteroatoms. The predicted molar refractivity (Wildman–Crippen MR) is 128 cm³/mol. The summed E-state index contributed by atoms with van der Waals surface area (Å²) in [6.45, 7) is 0.137. The number of methoxy groups -OCH3 is 2. The van der Waals surface area contributed by atoms with Gasteiger partial charge in [0.05, 0.1) is 26.3 Å². The van der Waals surface area contributed by atoms with Crippen molar-refractivity contribution in [3.8, 4) is 11.5 Å². The molecule has 1 saturated heterocycles. The van der Waals surface area contributed by atoms with Crippen LogP contribution in [0.3, 0.4) is 0 Å². The molecule has 4 rings (SSSR count). The zero-order valence-corrected chi connectivity index (χ0v) is 18.9. The summed E-state index contributed by atoms with van der Waals surface area (Å²) in [6, 6.07) is 21.4. The maximum Gasteiger partial charge on any atom is 0.322 e. The number of carbonyl (C=O) groups is 3. The summed E-state index contributed by atoms with van der Waals surface area (Å²) in [5.74, 6) is 0.552. The van der Waals surface area contributed by atoms with Crippen molar-refractivity contribution in [2.45, 2.75) is 19.0 Å². The number of amides is 4. The minimum Gasteiger partial charge on any atom is -0.497 e. The summed E-state index contributed by atoms with van der Waals surface area (Å²) in [5.41, 5.74) is 1.83. The highest BCUT2D eigenvalue weighted by molar-refractivity contribution is 6.23. The molecule has 1 N–H and O–H groups in total. The molecule has 1 atom stereocenters. The number of benzene rings is 3. The molecule has 34 heavy (non-hydrogen) atoms. The zero-order chi connectivity index (χ0) is 24.1. The second-order valence-electron chi connectivity index (χ2n) is 7.76. The van der Waals surface area contributed by atoms with Crippen LogP contribution < -0.4 is 19.7 Å². The first-order valence-corrected chi connectivity index (χ1v) is 10.8. The highest BCUT2D eigenvalue weighted by atomic mass is 16.5. The first-order valence-electron chi connectivity index (χ1n) is 10.8. The van der Waals surface area contributed by atoms with E-state index in [0.717, 1.165) is 10.5 Å². The molecular formula is C26H25N3O5. The summed E-state index contributed by atoms with van der Waals surface area (Å²) in [6.07, 6.45) is -0.0973. The minimum absolute atomic E-state index is 0.0973. The second-order valence-corrected chi connectivity index (χ2v) is 7.76. The van der Waals surface area contributed by atoms with Gasteiger partial charge in [0.25, 0.3) is 5.91 Å². The maximum absolute atomic E-state index is 13.4. The van der Waals surface area contributed by atoms with Crippen molar-refractivity contribution in [3.05, 3.63) is 84.4 Å². The third kappa shape index (κ3) is 4.85. The summed E-state index contributed by atoms with van der Waals surface area (Å²) in [4.78, 5) is 42.0. The lowest BCUT2D eigenvalue weighted by Crippen LogP contribution is -2.46. The Morgan fingerprint density at radius 3 is 2.09 bits per heavy atom. The fourth-order valence-corrected chi connectivity index (χ4v) is 3.83. The molecule has 0 unspecified atom stereocenters. The largest absolute Gasteiger partial charge is 0.497 e. The van der Waals surface area contributed by atoms with Gasteiger partial charge < -0.3 is 19.7 Å². The molecule has 1 fully saturated rings. The van der Waals surface area contributed by atoms with Crippen LogP contribution in [-0.2, 0) is 16.1 Å². The fraction of sp³-hybridized carbons (Fsp3) is 0.192. The van der Waals surface area contributed by atoms with E-state index in [1.165, 1.54) is 4.90 Å². The van der Waals surface area contributed by atoms with Crippen molar-refractivity contribution >= 4 is 29.2 Å². The standard InChI is InChI=1S/C26H25N3O5/c1-33-21-12-8-18(9-13-21)17-28(26(32)27-19-10-14-22(34-2)15-11-19)23-16-24(30)29(25(23)31)20-6-4-3-5-7-20/h3-15,23H,16-17H2,1-2H3,(H,27,32)/t23-/m1/s1. The molecule has 174 valence electrons. The van der Waals surface area contributed by atoms with E-state index in [4.69, 9.17) is 9.47 Å². The lowest BCUT2D eigenvalue weighted by molar-refractivity contribution is -0.122. The Kier molecular flexibility index (Phi) is 6.77. The fourth-order valence-electron chi connectivity index (χ4n) is 3.83. The molecule has 0 radical (unpaired) electrons. The quantitative estimate of drug-likeness (QED) is 0.538. The van der Waals surface area contributed by atoms with Crippen LogP contribution in [0.4, 0.5) is 16.2 Å². The Morgan fingerprint density at radius 2 is 1.50 bits per heavy atom. The van der Waals surface area contributed by atoms with Crippen LogP contribution >= 0.6 is 0 Å². The SMILES string of the molecule is COc1ccc(CN(C(=O)Nc2ccc(OC)cc2)[C@@H]2CC(=O)N(c3ccccc3)C2=O)cc1. The van der Waals surface area contributed by atoms with Gasteiger partial charge in [-0.1, -0.05) is 30.3 Å². The van der Waals surface area contributed by atoms with Crippen LogP contribution in [0.5, 0.6) is 11.5 Å². The highest BCUT2D eigenvalue weighted by Crippen LogP contribution is 2.27. The van der Waals surface area contributed by atoms with Gasteiger partial charge in [-0.05, 0) is 54.1 Å². The Morgan fingerprint density at radius 1 is 0.912 bits per heavy atom. The van der Waals surface area contributed by atoms with Crippen molar-refractivity contribution < 1.29 is 23.9 Å². The smallest absolute Gasteiger partial charge is 0.322 e. The van der Waals surface area contributed by atoms with Crippen molar-refractivity contribution in [2.75, 3.05) is 24.4 Å². The number of anilines is 2. The third-order valence-corrected chi connectivity index (χ3v) is 5.63. The number of rotatable bonds is 7. The van der Waals surface area contributed by atoms with Gasteiger partial charge in [-0.25, -0.2) is 9.69 Å². The number of imide groups is 1. The van der Waals surface area contributed by atoms with E-state index in [2.05, 4.69) is 5.32 Å². The molecular weight excluding hydrogens is 434 g/mol. The van der Waals surface area contributed by atoms with Crippen LogP contribution in [0.15, 0.2) is 78.9 Å². The Hall–Kier alpha value is -4.33. The average molecular weight is 460 g/mol. The summed E-state index contributed by atoms with van der Waals surface area (Å²) in [7, 11) is 3.13. The topological polar surface area (TPSA) is 88.2 Å². The molecule has 0 saturated carbocycles. The van der Waals surface area contributed by atoms with Crippen LogP contribution in [0.2, 0.25) is 0 Å². The number of ether oxygens (including phenoxy) is 2. The van der Waals surface area contributed by atoms with E-state index < -0.39 is 18.0 Å². The van der Waals surface area contributed by atoms with E-state index in [1.54, 1.807) is 74.9 Å². The second kappa shape index (κ2) is 10.1. The molecule has 1 aliphatic rings. The third-order valence-electron chi connectivity index (χ3n) is 5.63. The Balaban J connectivity index is 1.61. The summed E-state index contributed by atoms with van der Waals surface area (Å²) < 4.78 is 10.4. The van der Waals surface area contributed by atoms with E-state index in [9.17, 15) is 14.4 Å². The number of urea groups is 1. The Bertz CT molecular complexity index is 1160. The first kappa shape index (κ1) is 22.8. The monoisotopic (exact) mass is 459 g/mol. The molecule has 1 aliphatic heterocycles. The average Bonchev–Trinajstić information content (AvgIpc) is 3.17. The summed E-state index contributed by atoms with van der Waals surface area (Å²) in [5, 5.41) is 2.83. The van der Waals surface area contributed by atoms with Gasteiger partial charge in [0, 0.05) is 12.2 Å². The molecule has 8 nitrogen and oxygen atoms in total. The predicted octanol–water partition coefficient (Wildman–Crippen LogP) is 4.07. The molecule has 0 spiro atoms. The molecule has 3 aromatic carbocycles. The van der Waals surface area contributed by atoms with Gasteiger partial charge in [0.1, 0.15) is 17.5 Å². The zero-order valence-electron chi connectivity index (χ0n) is 18.9. The summed E-state index contributed by atoms with van der Waals surface area (Å²) >= 11 is 0. The molecule has 3 aromatic rings. The van der Waals surface area contributed by atoms with E-state index in [0.29, 0.717) is 22.9 Å². The Labute approximate surface area is 197 Å². The van der Waals surface area contributed by atoms with Gasteiger partial charge in [0.15, 0.2) is 0 Å². The number of carbonyl (C=O) groups excluding carboxylic acids is 3. The number of para-hydroxylation sites is 1. The van der Waals surface area contributed by atoms with Gasteiger partial charge in [-0.3, -0.25) is 9.59 Å². The van der Waals surface area contributed by atoms with Crippen molar-refractivity contribution in [2.24, 2.45) is 0 Å². The molecule has 4 amide bonds. The van der Waals surface area contributed by atoms with Gasteiger partial charge in [-0.15, -0.1) is 0 Å². The maximum atomic E-state index is 13.4. The molecule has 0 bridgehead atoms. The van der Waals surface area contributed by atoms with Crippen molar-refractivity contribution in [1.82, 2.24) is 4.90 Å². The number of hydrogen-bond acceptors (Lipinski definition) is 5. The molecule has 1 heterocycles. The van der Waals surface area contributed by atoms with Crippen molar-refractivity contribution in [3.63, 3.8) is 0 Å². The van der Waals surface area contributed by atoms with Gasteiger partial charge in [-0.2, -0.15) is 0 Å². The van der Waals surface area contributed by atoms with Crippen LogP contribution in [0, 0.1) is 0 Å². The normalized spacial score (nSPS) is 15.2. The van der Waals surface area contributed by atoms with Crippen molar-refractivity contribution in [1.29, 1.82) is 0 Å². The van der Waals surface area contributed by atoms with Gasteiger partial charge >= 0.3 is 6.03 Å². The van der Waals surface area contributed by atoms with Crippen LogP contribution in [-0.4, -0.2) is 43.0 Å². The van der Waals surface area contributed by atoms with E-state index >= 15 is 0 Å². The lowest BCUT2D eigenvalue weighted by atomic mass is 10.1. The van der Waals surface area contributed by atoms with Crippen LogP contribution in [0.25, 0.3) is 0 Å². The molecule has 0 aromatic heterocycles. The first-order chi connectivity index (χ1) is 16.5. The van der Waals surface area contributed by atoms with Gasteiger partial charge in [0.2, 0.25) is 5.91 Å². The van der Waals surface area contributed by atoms with E-state index in [-0.39, 0.29) is 18.9 Å². The molecule has 0 aliphatic carbocycles. The van der Waals surface area contributed by atoms with E-state index in [1.807, 2.05) is 18.2 Å². The minimum atomic E-state index is -0.937. The number of nitrogens with one attached hydrogen (secondary N) is 1. The number of hydrogen-bond donors (Lipinski definition) is 1. The lowest BCUT2D eigenvalue weighted by Gasteiger charge is -2.28. The van der Waals surface area contributed by atoms with Crippen LogP contribution in [0.1, 0.15) is 12.0 Å².